The van der Waals surface area contributed by atoms with Crippen molar-refractivity contribution in [2.45, 2.75) is 145 Å². The third kappa shape index (κ3) is 6.59. The number of carbonyl (C=O) groups is 4. The Bertz CT molecular complexity index is 1720. The number of ketones is 1. The molecule has 4 N–H and O–H groups in total. The van der Waals surface area contributed by atoms with Crippen molar-refractivity contribution in [2.24, 2.45) is 61.9 Å². The quantitative estimate of drug-likeness (QED) is 0.200. The number of aliphatic hydroxyl groups excluding tert-OH is 1. The summed E-state index contributed by atoms with van der Waals surface area (Å²) in [5, 5.41) is 22.1. The van der Waals surface area contributed by atoms with Crippen LogP contribution in [0.15, 0.2) is 35.7 Å². The standard InChI is InChI=1S/C45H67N3O7/c1-27(2)37-30(49)21-45(33(50)26-48(35(51)23-46)25-28-11-10-20-47-24-28)19-18-43(8)29(38(37)45)12-13-32-42(7)16-15-34(55-36(52)22-40(3,4)39(53)54)41(5,6)31(42)14-17-44(32,43)9/h10-11,20,24,27,29,31-34,50H,12-19,21-23,25-26,46H2,1-9H3,(H,53,54)/t29-,31+,32-,33?,34+,42+,43-,44-,45+/m1/s1. The van der Waals surface area contributed by atoms with Gasteiger partial charge in [0.1, 0.15) is 6.10 Å². The number of amides is 1. The van der Waals surface area contributed by atoms with Gasteiger partial charge >= 0.3 is 11.9 Å². The van der Waals surface area contributed by atoms with E-state index in [2.05, 4.69) is 53.5 Å². The fourth-order valence-electron chi connectivity index (χ4n) is 13.4. The number of carboxylic acids is 1. The number of hydrogen-bond donors (Lipinski definition) is 3. The molecule has 0 radical (unpaired) electrons. The van der Waals surface area contributed by atoms with Crippen molar-refractivity contribution in [3.8, 4) is 0 Å². The van der Waals surface area contributed by atoms with Gasteiger partial charge in [-0.05, 0) is 122 Å². The molecule has 0 aliphatic heterocycles. The number of pyridine rings is 1. The van der Waals surface area contributed by atoms with Gasteiger partial charge in [0, 0.05) is 42.7 Å². The Kier molecular flexibility index (Phi) is 10.8. The van der Waals surface area contributed by atoms with Crippen LogP contribution in [0.5, 0.6) is 0 Å². The van der Waals surface area contributed by atoms with Gasteiger partial charge in [-0.3, -0.25) is 24.2 Å². The summed E-state index contributed by atoms with van der Waals surface area (Å²) in [5.41, 5.74) is 6.51. The molecule has 304 valence electrons. The molecule has 55 heavy (non-hydrogen) atoms. The highest BCUT2D eigenvalue weighted by Crippen LogP contribution is 2.77. The van der Waals surface area contributed by atoms with Crippen LogP contribution in [0.4, 0.5) is 0 Å². The first-order chi connectivity index (χ1) is 25.6. The van der Waals surface area contributed by atoms with E-state index in [-0.39, 0.29) is 77.2 Å². The third-order valence-electron chi connectivity index (χ3n) is 16.5. The van der Waals surface area contributed by atoms with Crippen LogP contribution in [0.1, 0.15) is 132 Å². The molecule has 1 unspecified atom stereocenters. The second kappa shape index (κ2) is 14.4. The first-order valence-electron chi connectivity index (χ1n) is 20.8. The Morgan fingerprint density at radius 3 is 2.33 bits per heavy atom. The lowest BCUT2D eigenvalue weighted by atomic mass is 9.33. The number of Topliss-reactive ketones (excluding diaryl/α,β-unsaturated/α-hetero) is 1. The van der Waals surface area contributed by atoms with E-state index in [0.717, 1.165) is 56.1 Å². The van der Waals surface area contributed by atoms with Crippen LogP contribution in [0.2, 0.25) is 0 Å². The number of carboxylic acid groups (broad SMARTS) is 1. The Morgan fingerprint density at radius 1 is 1.00 bits per heavy atom. The Balaban J connectivity index is 1.30. The average molecular weight is 762 g/mol. The van der Waals surface area contributed by atoms with Crippen LogP contribution < -0.4 is 5.73 Å². The number of carbonyl (C=O) groups excluding carboxylic acids is 3. The molecule has 5 aliphatic carbocycles. The molecule has 1 aromatic rings. The minimum absolute atomic E-state index is 0.0118. The molecular formula is C45H67N3O7. The van der Waals surface area contributed by atoms with Crippen molar-refractivity contribution in [1.82, 2.24) is 9.88 Å². The predicted molar refractivity (Wildman–Crippen MR) is 210 cm³/mol. The van der Waals surface area contributed by atoms with E-state index in [1.54, 1.807) is 31.1 Å². The number of aliphatic hydroxyl groups is 1. The van der Waals surface area contributed by atoms with Crippen molar-refractivity contribution in [3.63, 3.8) is 0 Å². The molecule has 1 aromatic heterocycles. The zero-order valence-corrected chi connectivity index (χ0v) is 34.9. The van der Waals surface area contributed by atoms with Crippen LogP contribution >= 0.6 is 0 Å². The molecular weight excluding hydrogens is 695 g/mol. The van der Waals surface area contributed by atoms with E-state index >= 15 is 0 Å². The summed E-state index contributed by atoms with van der Waals surface area (Å²) in [4.78, 5) is 58.2. The molecule has 0 aromatic carbocycles. The van der Waals surface area contributed by atoms with Gasteiger partial charge in [-0.2, -0.15) is 0 Å². The van der Waals surface area contributed by atoms with Crippen LogP contribution in [0, 0.1) is 56.2 Å². The number of nitrogens with zero attached hydrogens (tertiary/aromatic N) is 2. The van der Waals surface area contributed by atoms with E-state index in [9.17, 15) is 29.4 Å². The van der Waals surface area contributed by atoms with Gasteiger partial charge < -0.3 is 25.6 Å². The van der Waals surface area contributed by atoms with Crippen molar-refractivity contribution >= 4 is 23.6 Å². The highest BCUT2D eigenvalue weighted by atomic mass is 16.5. The second-order valence-corrected chi connectivity index (χ2v) is 20.4. The summed E-state index contributed by atoms with van der Waals surface area (Å²) in [6.07, 6.45) is 9.60. The molecule has 1 heterocycles. The van der Waals surface area contributed by atoms with Crippen molar-refractivity contribution in [3.05, 3.63) is 41.2 Å². The van der Waals surface area contributed by atoms with Gasteiger partial charge in [-0.1, -0.05) is 60.1 Å². The molecule has 0 saturated heterocycles. The van der Waals surface area contributed by atoms with Gasteiger partial charge in [0.25, 0.3) is 0 Å². The van der Waals surface area contributed by atoms with Gasteiger partial charge in [0.15, 0.2) is 5.78 Å². The van der Waals surface area contributed by atoms with Crippen molar-refractivity contribution in [1.29, 1.82) is 0 Å². The van der Waals surface area contributed by atoms with Gasteiger partial charge in [-0.25, -0.2) is 0 Å². The highest BCUT2D eigenvalue weighted by Gasteiger charge is 2.71. The molecule has 1 amide bonds. The topological polar surface area (TPSA) is 160 Å². The zero-order valence-electron chi connectivity index (χ0n) is 34.9. The summed E-state index contributed by atoms with van der Waals surface area (Å²) in [6.45, 7) is 19.6. The van der Waals surface area contributed by atoms with E-state index in [1.165, 1.54) is 5.57 Å². The number of fused-ring (bicyclic) bond motifs is 7. The SMILES string of the molecule is CC(C)C1=C2[C@H]3CC[C@@H]4[C@@]5(C)CC[C@H](OC(=O)CC(C)(C)C(=O)O)C(C)(C)[C@@H]5CC[C@@]4(C)[C@]3(C)CC[C@@]2(C(O)CN(Cc2cccnc2)C(=O)CN)CC1=O. The first kappa shape index (κ1) is 41.5. The second-order valence-electron chi connectivity index (χ2n) is 20.4. The van der Waals surface area contributed by atoms with Crippen molar-refractivity contribution < 1.29 is 34.1 Å². The van der Waals surface area contributed by atoms with Gasteiger partial charge in [-0.15, -0.1) is 0 Å². The maximum atomic E-state index is 14.2. The number of nitrogens with two attached hydrogens (primary N) is 1. The van der Waals surface area contributed by atoms with Crippen LogP contribution in [-0.4, -0.2) is 69.0 Å². The van der Waals surface area contributed by atoms with E-state index in [4.69, 9.17) is 10.5 Å². The van der Waals surface area contributed by atoms with Gasteiger partial charge in [0.05, 0.1) is 24.5 Å². The molecule has 9 atom stereocenters. The summed E-state index contributed by atoms with van der Waals surface area (Å²) < 4.78 is 6.16. The number of aromatic nitrogens is 1. The largest absolute Gasteiger partial charge is 0.481 e. The lowest BCUT2D eigenvalue weighted by Gasteiger charge is -2.72. The average Bonchev–Trinajstić information content (AvgIpc) is 3.42. The Labute approximate surface area is 328 Å². The number of ether oxygens (including phenoxy) is 1. The van der Waals surface area contributed by atoms with Crippen LogP contribution in [0.25, 0.3) is 0 Å². The number of rotatable bonds is 11. The van der Waals surface area contributed by atoms with Gasteiger partial charge in [0.2, 0.25) is 5.91 Å². The molecule has 4 fully saturated rings. The Morgan fingerprint density at radius 2 is 1.71 bits per heavy atom. The van der Waals surface area contributed by atoms with Crippen LogP contribution in [0.3, 0.4) is 0 Å². The van der Waals surface area contributed by atoms with E-state index in [0.29, 0.717) is 24.8 Å². The molecule has 5 aliphatic rings. The number of esters is 1. The first-order valence-corrected chi connectivity index (χ1v) is 20.8. The smallest absolute Gasteiger partial charge is 0.309 e. The van der Waals surface area contributed by atoms with E-state index < -0.39 is 28.9 Å². The lowest BCUT2D eigenvalue weighted by Crippen LogP contribution is -2.66. The predicted octanol–water partition coefficient (Wildman–Crippen LogP) is 7.12. The molecule has 4 saturated carbocycles. The summed E-state index contributed by atoms with van der Waals surface area (Å²) >= 11 is 0. The Hall–Kier alpha value is -3.11. The maximum absolute atomic E-state index is 14.2. The number of allylic oxidation sites excluding steroid dienone is 1. The van der Waals surface area contributed by atoms with E-state index in [1.807, 2.05) is 12.1 Å². The maximum Gasteiger partial charge on any atom is 0.309 e. The highest BCUT2D eigenvalue weighted by molar-refractivity contribution is 6.00. The number of aliphatic carboxylic acids is 1. The monoisotopic (exact) mass is 761 g/mol. The molecule has 0 spiro atoms. The third-order valence-corrected chi connectivity index (χ3v) is 16.5. The summed E-state index contributed by atoms with van der Waals surface area (Å²) in [6, 6.07) is 3.75. The van der Waals surface area contributed by atoms with Crippen molar-refractivity contribution in [2.75, 3.05) is 13.1 Å². The summed E-state index contributed by atoms with van der Waals surface area (Å²) in [7, 11) is 0. The molecule has 0 bridgehead atoms. The summed E-state index contributed by atoms with van der Waals surface area (Å²) in [5.74, 6) is -0.634. The molecule has 6 rings (SSSR count). The molecule has 10 heteroatoms. The zero-order chi connectivity index (χ0) is 40.5. The number of hydrogen-bond acceptors (Lipinski definition) is 8. The van der Waals surface area contributed by atoms with Crippen LogP contribution in [-0.2, 0) is 30.5 Å². The normalized spacial score (nSPS) is 36.0. The fraction of sp³-hybridized carbons (Fsp3) is 0.756. The molecule has 10 nitrogen and oxygen atoms in total. The fourth-order valence-corrected chi connectivity index (χ4v) is 13.4. The minimum atomic E-state index is -1.19. The minimum Gasteiger partial charge on any atom is -0.481 e. The lowest BCUT2D eigenvalue weighted by molar-refractivity contribution is -0.235.